The van der Waals surface area contributed by atoms with Crippen LogP contribution in [0.15, 0.2) is 40.8 Å². The monoisotopic (exact) mass is 567 g/mol. The predicted molar refractivity (Wildman–Crippen MR) is 133 cm³/mol. The van der Waals surface area contributed by atoms with Crippen LogP contribution in [0.1, 0.15) is 16.8 Å². The number of halogens is 4. The summed E-state index contributed by atoms with van der Waals surface area (Å²) in [5.74, 6) is -5.69. The van der Waals surface area contributed by atoms with Crippen molar-refractivity contribution in [1.29, 1.82) is 0 Å². The van der Waals surface area contributed by atoms with Crippen LogP contribution >= 0.6 is 0 Å². The van der Waals surface area contributed by atoms with Crippen LogP contribution in [0.4, 0.5) is 29.3 Å². The van der Waals surface area contributed by atoms with Gasteiger partial charge in [-0.25, -0.2) is 9.18 Å². The van der Waals surface area contributed by atoms with Gasteiger partial charge in [-0.15, -0.1) is 5.10 Å². The number of aromatic nitrogens is 2. The fourth-order valence-electron chi connectivity index (χ4n) is 3.79. The van der Waals surface area contributed by atoms with Crippen LogP contribution in [-0.2, 0) is 9.53 Å². The minimum Gasteiger partial charge on any atom is -0.496 e. The number of carbonyl (C=O) groups is 2. The molecule has 2 heterocycles. The van der Waals surface area contributed by atoms with Gasteiger partial charge in [0.2, 0.25) is 0 Å². The summed E-state index contributed by atoms with van der Waals surface area (Å²) < 4.78 is 72.4. The standard InChI is InChI=1S/C25H25F4N5O6/c1-37-19-14-15(31-21(35)17-4-2-5-18(20(17)26)39-23(36)25(27,28)29)6-7-16(19)22-32-33-24(40-22)30-8-3-9-34-10-12-38-13-11-34/h2,4-7,14H,3,8-13H2,1H3,(H,30,33)(H,31,35). The third-order valence-electron chi connectivity index (χ3n) is 5.79. The molecule has 0 spiro atoms. The van der Waals surface area contributed by atoms with E-state index in [0.29, 0.717) is 12.1 Å². The third-order valence-corrected chi connectivity index (χ3v) is 5.79. The number of esters is 1. The van der Waals surface area contributed by atoms with E-state index in [1.54, 1.807) is 0 Å². The molecule has 11 nitrogen and oxygen atoms in total. The molecule has 2 N–H and O–H groups in total. The molecule has 2 aromatic carbocycles. The highest BCUT2D eigenvalue weighted by atomic mass is 19.4. The van der Waals surface area contributed by atoms with Crippen LogP contribution in [0.3, 0.4) is 0 Å². The SMILES string of the molecule is COc1cc(NC(=O)c2cccc(OC(=O)C(F)(F)F)c2F)ccc1-c1nnc(NCCCN2CCOCC2)o1. The van der Waals surface area contributed by atoms with Gasteiger partial charge in [0, 0.05) is 31.4 Å². The van der Waals surface area contributed by atoms with E-state index in [1.165, 1.54) is 25.3 Å². The fraction of sp³-hybridized carbons (Fsp3) is 0.360. The van der Waals surface area contributed by atoms with Crippen molar-refractivity contribution in [1.82, 2.24) is 15.1 Å². The minimum absolute atomic E-state index is 0.149. The molecule has 1 saturated heterocycles. The Morgan fingerprint density at radius 1 is 1.10 bits per heavy atom. The molecule has 0 aliphatic carbocycles. The second kappa shape index (κ2) is 12.7. The topological polar surface area (TPSA) is 128 Å². The van der Waals surface area contributed by atoms with E-state index in [4.69, 9.17) is 13.9 Å². The number of hydrogen-bond donors (Lipinski definition) is 2. The van der Waals surface area contributed by atoms with Crippen molar-refractivity contribution in [3.05, 3.63) is 47.8 Å². The van der Waals surface area contributed by atoms with Crippen LogP contribution in [-0.4, -0.2) is 79.7 Å². The van der Waals surface area contributed by atoms with Crippen molar-refractivity contribution in [2.24, 2.45) is 0 Å². The molecule has 0 radical (unpaired) electrons. The summed E-state index contributed by atoms with van der Waals surface area (Å²) in [7, 11) is 1.38. The smallest absolute Gasteiger partial charge is 0.491 e. The lowest BCUT2D eigenvalue weighted by molar-refractivity contribution is -0.189. The maximum Gasteiger partial charge on any atom is 0.491 e. The zero-order valence-electron chi connectivity index (χ0n) is 21.2. The Hall–Kier alpha value is -4.24. The molecule has 15 heteroatoms. The number of benzene rings is 2. The van der Waals surface area contributed by atoms with Crippen LogP contribution < -0.4 is 20.1 Å². The first-order valence-electron chi connectivity index (χ1n) is 12.1. The number of ether oxygens (including phenoxy) is 3. The summed E-state index contributed by atoms with van der Waals surface area (Å²) in [6.07, 6.45) is -4.47. The summed E-state index contributed by atoms with van der Waals surface area (Å²) in [5.41, 5.74) is -0.0537. The van der Waals surface area contributed by atoms with E-state index in [1.807, 2.05) is 0 Å². The van der Waals surface area contributed by atoms with Crippen LogP contribution in [0.2, 0.25) is 0 Å². The fourth-order valence-corrected chi connectivity index (χ4v) is 3.79. The lowest BCUT2D eigenvalue weighted by Crippen LogP contribution is -2.37. The van der Waals surface area contributed by atoms with E-state index >= 15 is 0 Å². The highest BCUT2D eigenvalue weighted by Crippen LogP contribution is 2.33. The van der Waals surface area contributed by atoms with Gasteiger partial charge < -0.3 is 29.3 Å². The van der Waals surface area contributed by atoms with Gasteiger partial charge in [0.25, 0.3) is 11.8 Å². The summed E-state index contributed by atoms with van der Waals surface area (Å²) in [6, 6.07) is 7.52. The van der Waals surface area contributed by atoms with Gasteiger partial charge in [-0.3, -0.25) is 9.69 Å². The number of hydrogen-bond acceptors (Lipinski definition) is 10. The number of nitrogens with one attached hydrogen (secondary N) is 2. The van der Waals surface area contributed by atoms with Crippen LogP contribution in [0.25, 0.3) is 11.5 Å². The Balaban J connectivity index is 1.39. The zero-order chi connectivity index (χ0) is 28.7. The summed E-state index contributed by atoms with van der Waals surface area (Å²) >= 11 is 0. The second-order valence-electron chi connectivity index (χ2n) is 8.52. The Morgan fingerprint density at radius 2 is 1.88 bits per heavy atom. The number of nitrogens with zero attached hydrogens (tertiary/aromatic N) is 3. The molecule has 1 aromatic heterocycles. The average molecular weight is 567 g/mol. The van der Waals surface area contributed by atoms with Gasteiger partial charge in [0.1, 0.15) is 5.75 Å². The Morgan fingerprint density at radius 3 is 2.60 bits per heavy atom. The zero-order valence-corrected chi connectivity index (χ0v) is 21.2. The third kappa shape index (κ3) is 7.24. The molecular weight excluding hydrogens is 542 g/mol. The molecule has 214 valence electrons. The number of alkyl halides is 3. The lowest BCUT2D eigenvalue weighted by atomic mass is 10.1. The first kappa shape index (κ1) is 28.8. The number of carbonyl (C=O) groups excluding carboxylic acids is 2. The normalized spacial score (nSPS) is 14.0. The average Bonchev–Trinajstić information content (AvgIpc) is 3.41. The predicted octanol–water partition coefficient (Wildman–Crippen LogP) is 3.74. The van der Waals surface area contributed by atoms with Gasteiger partial charge in [0.15, 0.2) is 11.6 Å². The minimum atomic E-state index is -5.33. The molecule has 1 aliphatic rings. The second-order valence-corrected chi connectivity index (χ2v) is 8.52. The largest absolute Gasteiger partial charge is 0.496 e. The maximum absolute atomic E-state index is 14.6. The number of methoxy groups -OCH3 is 1. The molecule has 0 bridgehead atoms. The number of rotatable bonds is 10. The first-order chi connectivity index (χ1) is 19.2. The first-order valence-corrected chi connectivity index (χ1v) is 12.1. The molecule has 1 amide bonds. The van der Waals surface area contributed by atoms with E-state index in [9.17, 15) is 27.2 Å². The van der Waals surface area contributed by atoms with E-state index in [-0.39, 0.29) is 23.3 Å². The van der Waals surface area contributed by atoms with E-state index in [0.717, 1.165) is 57.5 Å². The van der Waals surface area contributed by atoms with Gasteiger partial charge >= 0.3 is 18.2 Å². The van der Waals surface area contributed by atoms with Crippen molar-refractivity contribution >= 4 is 23.6 Å². The van der Waals surface area contributed by atoms with E-state index < -0.39 is 35.2 Å². The summed E-state index contributed by atoms with van der Waals surface area (Å²) in [6.45, 7) is 4.80. The molecule has 1 aliphatic heterocycles. The molecule has 4 rings (SSSR count). The van der Waals surface area contributed by atoms with Crippen molar-refractivity contribution in [2.45, 2.75) is 12.6 Å². The quantitative estimate of drug-likeness (QED) is 0.162. The molecular formula is C25H25F4N5O6. The molecule has 40 heavy (non-hydrogen) atoms. The Labute approximate surface area is 225 Å². The van der Waals surface area contributed by atoms with Crippen LogP contribution in [0.5, 0.6) is 11.5 Å². The van der Waals surface area contributed by atoms with E-state index in [2.05, 4.69) is 30.5 Å². The number of morpholine rings is 1. The van der Waals surface area contributed by atoms with Crippen molar-refractivity contribution in [2.75, 3.05) is 57.1 Å². The Bertz CT molecular complexity index is 1340. The Kier molecular flexibility index (Phi) is 9.16. The summed E-state index contributed by atoms with van der Waals surface area (Å²) in [5, 5.41) is 13.5. The molecule has 1 fully saturated rings. The number of anilines is 2. The lowest BCUT2D eigenvalue weighted by Gasteiger charge is -2.26. The van der Waals surface area contributed by atoms with Gasteiger partial charge in [-0.2, -0.15) is 13.2 Å². The highest BCUT2D eigenvalue weighted by molar-refractivity contribution is 6.05. The molecule has 0 saturated carbocycles. The molecule has 3 aromatic rings. The molecule has 0 unspecified atom stereocenters. The van der Waals surface area contributed by atoms with Crippen molar-refractivity contribution in [3.8, 4) is 23.0 Å². The number of amides is 1. The highest BCUT2D eigenvalue weighted by Gasteiger charge is 2.42. The van der Waals surface area contributed by atoms with Gasteiger partial charge in [0.05, 0.1) is 31.5 Å². The van der Waals surface area contributed by atoms with Crippen molar-refractivity contribution < 1.29 is 45.8 Å². The van der Waals surface area contributed by atoms with Gasteiger partial charge in [-0.05, 0) is 37.2 Å². The van der Waals surface area contributed by atoms with Crippen molar-refractivity contribution in [3.63, 3.8) is 0 Å². The molecule has 0 atom stereocenters. The maximum atomic E-state index is 14.6. The van der Waals surface area contributed by atoms with Crippen LogP contribution in [0, 0.1) is 5.82 Å². The summed E-state index contributed by atoms with van der Waals surface area (Å²) in [4.78, 5) is 26.0. The van der Waals surface area contributed by atoms with Gasteiger partial charge in [-0.1, -0.05) is 11.2 Å².